The number of amides is 2. The molecule has 4 rings (SSSR count). The molecule has 1 aliphatic carbocycles. The largest absolute Gasteiger partial charge is 0.482 e. The van der Waals surface area contributed by atoms with Gasteiger partial charge in [-0.25, -0.2) is 0 Å². The van der Waals surface area contributed by atoms with Gasteiger partial charge in [0.1, 0.15) is 11.8 Å². The highest BCUT2D eigenvalue weighted by atomic mass is 35.5. The third-order valence-electron chi connectivity index (χ3n) is 6.86. The molecule has 204 valence electrons. The Kier molecular flexibility index (Phi) is 10.9. The summed E-state index contributed by atoms with van der Waals surface area (Å²) in [4.78, 5) is 29.0. The standard InChI is InChI=1S/C32H34Cl2N2O3/c33-27-17-15-26(16-18-27)22-36(31(37)23-39-30-14-8-7-13-28(30)34)29(21-25-11-5-2-6-12-25)32(38)35-20-19-24-9-3-1-4-10-24/h2,5-9,11-18,29H,1,3-4,10,19-23H2,(H,35,38)/t29-/m0/s1. The van der Waals surface area contributed by atoms with Gasteiger partial charge in [-0.3, -0.25) is 9.59 Å². The number of rotatable bonds is 12. The molecule has 0 bridgehead atoms. The molecule has 0 aliphatic heterocycles. The van der Waals surface area contributed by atoms with E-state index >= 15 is 0 Å². The first-order chi connectivity index (χ1) is 19.0. The first kappa shape index (κ1) is 28.7. The molecule has 0 radical (unpaired) electrons. The number of nitrogens with one attached hydrogen (secondary N) is 1. The summed E-state index contributed by atoms with van der Waals surface area (Å²) in [6.07, 6.45) is 8.11. The lowest BCUT2D eigenvalue weighted by atomic mass is 9.97. The summed E-state index contributed by atoms with van der Waals surface area (Å²) >= 11 is 12.3. The molecule has 2 amide bonds. The minimum absolute atomic E-state index is 0.185. The molecule has 0 aromatic heterocycles. The molecule has 5 nitrogen and oxygen atoms in total. The van der Waals surface area contributed by atoms with Crippen LogP contribution < -0.4 is 10.1 Å². The van der Waals surface area contributed by atoms with E-state index < -0.39 is 6.04 Å². The Bertz CT molecular complexity index is 1260. The zero-order chi connectivity index (χ0) is 27.5. The van der Waals surface area contributed by atoms with Crippen LogP contribution in [0.5, 0.6) is 5.75 Å². The Labute approximate surface area is 240 Å². The number of allylic oxidation sites excluding steroid dienone is 1. The number of hydrogen-bond donors (Lipinski definition) is 1. The topological polar surface area (TPSA) is 58.6 Å². The Balaban J connectivity index is 1.56. The fourth-order valence-corrected chi connectivity index (χ4v) is 5.04. The molecule has 1 N–H and O–H groups in total. The highest BCUT2D eigenvalue weighted by Gasteiger charge is 2.30. The van der Waals surface area contributed by atoms with E-state index in [1.165, 1.54) is 18.4 Å². The van der Waals surface area contributed by atoms with Gasteiger partial charge in [0.2, 0.25) is 5.91 Å². The van der Waals surface area contributed by atoms with Gasteiger partial charge in [-0.1, -0.05) is 89.4 Å². The summed E-state index contributed by atoms with van der Waals surface area (Å²) in [7, 11) is 0. The van der Waals surface area contributed by atoms with Crippen molar-refractivity contribution < 1.29 is 14.3 Å². The maximum absolute atomic E-state index is 13.7. The second kappa shape index (κ2) is 14.8. The maximum atomic E-state index is 13.7. The van der Waals surface area contributed by atoms with Gasteiger partial charge in [-0.05, 0) is 67.5 Å². The molecule has 1 atom stereocenters. The van der Waals surface area contributed by atoms with Crippen molar-refractivity contribution in [1.82, 2.24) is 10.2 Å². The van der Waals surface area contributed by atoms with Gasteiger partial charge in [0.25, 0.3) is 5.91 Å². The van der Waals surface area contributed by atoms with E-state index in [1.807, 2.05) is 42.5 Å². The van der Waals surface area contributed by atoms with Crippen LogP contribution in [0, 0.1) is 0 Å². The van der Waals surface area contributed by atoms with Gasteiger partial charge < -0.3 is 15.0 Å². The number of carbonyl (C=O) groups excluding carboxylic acids is 2. The maximum Gasteiger partial charge on any atom is 0.261 e. The Hall–Kier alpha value is -3.28. The van der Waals surface area contributed by atoms with Gasteiger partial charge in [-0.15, -0.1) is 0 Å². The fourth-order valence-electron chi connectivity index (χ4n) is 4.72. The molecule has 0 unspecified atom stereocenters. The summed E-state index contributed by atoms with van der Waals surface area (Å²) < 4.78 is 5.79. The lowest BCUT2D eigenvalue weighted by molar-refractivity contribution is -0.142. The average molecular weight is 566 g/mol. The van der Waals surface area contributed by atoms with Crippen LogP contribution >= 0.6 is 23.2 Å². The Morgan fingerprint density at radius 2 is 1.64 bits per heavy atom. The lowest BCUT2D eigenvalue weighted by Crippen LogP contribution is -2.51. The molecule has 0 heterocycles. The van der Waals surface area contributed by atoms with Crippen LogP contribution in [0.4, 0.5) is 0 Å². The molecule has 7 heteroatoms. The van der Waals surface area contributed by atoms with Gasteiger partial charge in [0.15, 0.2) is 6.61 Å². The predicted octanol–water partition coefficient (Wildman–Crippen LogP) is 7.02. The lowest BCUT2D eigenvalue weighted by Gasteiger charge is -2.31. The van der Waals surface area contributed by atoms with Crippen LogP contribution in [0.3, 0.4) is 0 Å². The molecule has 39 heavy (non-hydrogen) atoms. The van der Waals surface area contributed by atoms with Gasteiger partial charge in [0.05, 0.1) is 5.02 Å². The van der Waals surface area contributed by atoms with Crippen LogP contribution in [0.2, 0.25) is 10.0 Å². The van der Waals surface area contributed by atoms with Crippen molar-refractivity contribution in [2.75, 3.05) is 13.2 Å². The molecule has 0 saturated heterocycles. The minimum atomic E-state index is -0.731. The summed E-state index contributed by atoms with van der Waals surface area (Å²) in [6.45, 7) is 0.524. The first-order valence-electron chi connectivity index (χ1n) is 13.4. The van der Waals surface area contributed by atoms with Gasteiger partial charge in [-0.2, -0.15) is 0 Å². The number of ether oxygens (including phenoxy) is 1. The number of para-hydroxylation sites is 1. The number of nitrogens with zero attached hydrogens (tertiary/aromatic N) is 1. The molecule has 0 saturated carbocycles. The van der Waals surface area contributed by atoms with E-state index in [4.69, 9.17) is 27.9 Å². The number of carbonyl (C=O) groups is 2. The van der Waals surface area contributed by atoms with Crippen LogP contribution in [-0.4, -0.2) is 35.9 Å². The van der Waals surface area contributed by atoms with E-state index in [1.54, 1.807) is 41.3 Å². The summed E-state index contributed by atoms with van der Waals surface area (Å²) in [5.41, 5.74) is 3.22. The van der Waals surface area contributed by atoms with Gasteiger partial charge >= 0.3 is 0 Å². The smallest absolute Gasteiger partial charge is 0.261 e. The predicted molar refractivity (Wildman–Crippen MR) is 157 cm³/mol. The molecular formula is C32H34Cl2N2O3. The molecule has 3 aromatic carbocycles. The molecule has 1 aliphatic rings. The van der Waals surface area contributed by atoms with E-state index in [0.717, 1.165) is 30.4 Å². The van der Waals surface area contributed by atoms with Crippen molar-refractivity contribution in [2.24, 2.45) is 0 Å². The molecule has 3 aromatic rings. The Morgan fingerprint density at radius 1 is 0.897 bits per heavy atom. The zero-order valence-electron chi connectivity index (χ0n) is 22.0. The average Bonchev–Trinajstić information content (AvgIpc) is 2.96. The summed E-state index contributed by atoms with van der Waals surface area (Å²) in [5, 5.41) is 4.13. The normalized spacial score (nSPS) is 13.7. The van der Waals surface area contributed by atoms with E-state index in [2.05, 4.69) is 11.4 Å². The molecular weight excluding hydrogens is 531 g/mol. The molecule has 0 fully saturated rings. The second-order valence-electron chi connectivity index (χ2n) is 9.72. The summed E-state index contributed by atoms with van der Waals surface area (Å²) in [6, 6.07) is 23.3. The van der Waals surface area contributed by atoms with Crippen molar-refractivity contribution in [3.8, 4) is 5.75 Å². The quantitative estimate of drug-likeness (QED) is 0.240. The fraction of sp³-hybridized carbons (Fsp3) is 0.312. The van der Waals surface area contributed by atoms with Gasteiger partial charge in [0, 0.05) is 24.5 Å². The van der Waals surface area contributed by atoms with Crippen LogP contribution in [-0.2, 0) is 22.6 Å². The van der Waals surface area contributed by atoms with E-state index in [9.17, 15) is 9.59 Å². The number of hydrogen-bond acceptors (Lipinski definition) is 3. The molecule has 0 spiro atoms. The second-order valence-corrected chi connectivity index (χ2v) is 10.6. The Morgan fingerprint density at radius 3 is 2.36 bits per heavy atom. The van der Waals surface area contributed by atoms with Crippen molar-refractivity contribution in [3.05, 3.63) is 112 Å². The number of benzene rings is 3. The van der Waals surface area contributed by atoms with E-state index in [0.29, 0.717) is 28.8 Å². The van der Waals surface area contributed by atoms with Crippen molar-refractivity contribution in [3.63, 3.8) is 0 Å². The third-order valence-corrected chi connectivity index (χ3v) is 7.42. The van der Waals surface area contributed by atoms with Crippen molar-refractivity contribution in [2.45, 2.75) is 51.1 Å². The van der Waals surface area contributed by atoms with Crippen LogP contribution in [0.25, 0.3) is 0 Å². The highest BCUT2D eigenvalue weighted by Crippen LogP contribution is 2.24. The monoisotopic (exact) mass is 564 g/mol. The van der Waals surface area contributed by atoms with Crippen molar-refractivity contribution >= 4 is 35.0 Å². The SMILES string of the molecule is O=C(NCCC1=CCCCC1)[C@H](Cc1ccccc1)N(Cc1ccc(Cl)cc1)C(=O)COc1ccccc1Cl. The van der Waals surface area contributed by atoms with Crippen LogP contribution in [0.15, 0.2) is 90.5 Å². The van der Waals surface area contributed by atoms with Crippen molar-refractivity contribution in [1.29, 1.82) is 0 Å². The van der Waals surface area contributed by atoms with E-state index in [-0.39, 0.29) is 25.0 Å². The summed E-state index contributed by atoms with van der Waals surface area (Å²) in [5.74, 6) is -0.0740. The minimum Gasteiger partial charge on any atom is -0.482 e. The number of halogens is 2. The zero-order valence-corrected chi connectivity index (χ0v) is 23.5. The highest BCUT2D eigenvalue weighted by molar-refractivity contribution is 6.32. The van der Waals surface area contributed by atoms with Crippen LogP contribution in [0.1, 0.15) is 43.2 Å². The third kappa shape index (κ3) is 8.87. The first-order valence-corrected chi connectivity index (χ1v) is 14.2.